The third-order valence-electron chi connectivity index (χ3n) is 9.50. The van der Waals surface area contributed by atoms with Crippen molar-refractivity contribution in [2.24, 2.45) is 5.92 Å². The lowest BCUT2D eigenvalue weighted by Crippen LogP contribution is -2.17. The monoisotopic (exact) mass is 643 g/mol. The second-order valence-electron chi connectivity index (χ2n) is 14.0. The van der Waals surface area contributed by atoms with Gasteiger partial charge < -0.3 is 9.47 Å². The average molecular weight is 643 g/mol. The van der Waals surface area contributed by atoms with E-state index in [9.17, 15) is 9.59 Å². The van der Waals surface area contributed by atoms with Gasteiger partial charge >= 0.3 is 11.9 Å². The van der Waals surface area contributed by atoms with Crippen LogP contribution in [0.4, 0.5) is 0 Å². The maximum Gasteiger partial charge on any atom is 0.311 e. The number of unbranched alkanes of at least 4 members (excludes halogenated alkanes) is 21. The first-order valence-electron chi connectivity index (χ1n) is 20.0. The summed E-state index contributed by atoms with van der Waals surface area (Å²) in [7, 11) is 0. The summed E-state index contributed by atoms with van der Waals surface area (Å²) < 4.78 is 11.3. The van der Waals surface area contributed by atoms with Crippen molar-refractivity contribution in [3.8, 4) is 5.75 Å². The highest BCUT2D eigenvalue weighted by Gasteiger charge is 2.16. The second kappa shape index (κ2) is 31.7. The number of benzene rings is 1. The minimum Gasteiger partial charge on any atom is -0.463 e. The fraction of sp³-hybridized carbons (Fsp3) is 0.810. The van der Waals surface area contributed by atoms with Gasteiger partial charge in [-0.1, -0.05) is 180 Å². The first kappa shape index (κ1) is 42.2. The van der Waals surface area contributed by atoms with E-state index in [0.717, 1.165) is 38.5 Å². The van der Waals surface area contributed by atoms with E-state index in [1.54, 1.807) is 0 Å². The topological polar surface area (TPSA) is 52.6 Å². The van der Waals surface area contributed by atoms with Crippen LogP contribution in [-0.4, -0.2) is 18.0 Å². The molecule has 0 aliphatic carbocycles. The molecule has 1 aromatic rings. The van der Waals surface area contributed by atoms with Crippen LogP contribution in [0.25, 0.3) is 0 Å². The maximum absolute atomic E-state index is 12.5. The lowest BCUT2D eigenvalue weighted by molar-refractivity contribution is -0.148. The lowest BCUT2D eigenvalue weighted by Gasteiger charge is -2.20. The smallest absolute Gasteiger partial charge is 0.311 e. The van der Waals surface area contributed by atoms with E-state index in [0.29, 0.717) is 24.5 Å². The number of esters is 2. The first-order chi connectivity index (χ1) is 22.5. The van der Waals surface area contributed by atoms with E-state index in [4.69, 9.17) is 9.47 Å². The van der Waals surface area contributed by atoms with E-state index < -0.39 is 0 Å². The molecule has 0 saturated heterocycles. The molecule has 2 unspecified atom stereocenters. The molecule has 0 amide bonds. The van der Waals surface area contributed by atoms with Crippen LogP contribution in [0.5, 0.6) is 5.75 Å². The van der Waals surface area contributed by atoms with Crippen LogP contribution in [0, 0.1) is 5.92 Å². The molecule has 0 bridgehead atoms. The van der Waals surface area contributed by atoms with Crippen molar-refractivity contribution in [1.29, 1.82) is 0 Å². The van der Waals surface area contributed by atoms with Gasteiger partial charge in [-0.25, -0.2) is 0 Å². The van der Waals surface area contributed by atoms with Gasteiger partial charge in [0.2, 0.25) is 0 Å². The Bertz CT molecular complexity index is 807. The molecule has 1 aromatic carbocycles. The molecule has 46 heavy (non-hydrogen) atoms. The highest BCUT2D eigenvalue weighted by Crippen LogP contribution is 2.24. The highest BCUT2D eigenvalue weighted by molar-refractivity contribution is 5.72. The molecule has 0 heterocycles. The van der Waals surface area contributed by atoms with Gasteiger partial charge in [0.25, 0.3) is 0 Å². The zero-order chi connectivity index (χ0) is 33.3. The van der Waals surface area contributed by atoms with Crippen LogP contribution >= 0.6 is 0 Å². The molecule has 266 valence electrons. The van der Waals surface area contributed by atoms with Crippen LogP contribution in [0.3, 0.4) is 0 Å². The predicted octanol–water partition coefficient (Wildman–Crippen LogP) is 13.5. The molecule has 0 saturated carbocycles. The third-order valence-corrected chi connectivity index (χ3v) is 9.50. The number of ether oxygens (including phenoxy) is 2. The zero-order valence-corrected chi connectivity index (χ0v) is 30.7. The summed E-state index contributed by atoms with van der Waals surface area (Å²) in [6, 6.07) is 9.35. The van der Waals surface area contributed by atoms with Gasteiger partial charge in [-0.05, 0) is 50.7 Å². The van der Waals surface area contributed by atoms with Gasteiger partial charge in [0, 0.05) is 12.8 Å². The molecule has 4 heteroatoms. The number of hydrogen-bond acceptors (Lipinski definition) is 4. The molecule has 0 aliphatic heterocycles. The fourth-order valence-electron chi connectivity index (χ4n) is 6.45. The quantitative estimate of drug-likeness (QED) is 0.0435. The molecular weight excluding hydrogens is 568 g/mol. The van der Waals surface area contributed by atoms with E-state index >= 15 is 0 Å². The Morgan fingerprint density at radius 3 is 1.46 bits per heavy atom. The van der Waals surface area contributed by atoms with Crippen molar-refractivity contribution < 1.29 is 19.1 Å². The standard InChI is InChI=1S/C42H74O4/c1-4-6-8-10-12-14-16-17-18-20-22-24-29-33-41(43)45-38(3)34-35-39(30-26-23-21-19-15-13-11-9-7-5-2)36-37-42(44)46-40-31-27-25-28-32-40/h25,27-28,31-32,38-39H,4-24,26,29-30,33-37H2,1-3H3. The van der Waals surface area contributed by atoms with Crippen molar-refractivity contribution >= 4 is 11.9 Å². The second-order valence-corrected chi connectivity index (χ2v) is 14.0. The van der Waals surface area contributed by atoms with E-state index in [1.807, 2.05) is 37.3 Å². The minimum absolute atomic E-state index is 0.0479. The largest absolute Gasteiger partial charge is 0.463 e. The van der Waals surface area contributed by atoms with E-state index in [-0.39, 0.29) is 18.0 Å². The van der Waals surface area contributed by atoms with E-state index in [1.165, 1.54) is 135 Å². The summed E-state index contributed by atoms with van der Waals surface area (Å²) in [5.41, 5.74) is 0. The van der Waals surface area contributed by atoms with Gasteiger partial charge in [-0.15, -0.1) is 0 Å². The minimum atomic E-state index is -0.156. The number of rotatable bonds is 33. The van der Waals surface area contributed by atoms with Gasteiger partial charge in [0.15, 0.2) is 0 Å². The van der Waals surface area contributed by atoms with Crippen LogP contribution in [0.2, 0.25) is 0 Å². The first-order valence-corrected chi connectivity index (χ1v) is 20.0. The molecule has 2 atom stereocenters. The molecule has 0 radical (unpaired) electrons. The van der Waals surface area contributed by atoms with Crippen molar-refractivity contribution in [1.82, 2.24) is 0 Å². The van der Waals surface area contributed by atoms with Crippen LogP contribution in [0.1, 0.15) is 207 Å². The molecule has 0 aliphatic rings. The predicted molar refractivity (Wildman–Crippen MR) is 196 cm³/mol. The van der Waals surface area contributed by atoms with Gasteiger partial charge in [-0.3, -0.25) is 9.59 Å². The van der Waals surface area contributed by atoms with Crippen molar-refractivity contribution in [2.45, 2.75) is 213 Å². The summed E-state index contributed by atoms with van der Waals surface area (Å²) in [5.74, 6) is 0.868. The summed E-state index contributed by atoms with van der Waals surface area (Å²) in [4.78, 5) is 25.0. The average Bonchev–Trinajstić information content (AvgIpc) is 3.05. The number of carbonyl (C=O) groups excluding carboxylic acids is 2. The molecule has 4 nitrogen and oxygen atoms in total. The molecule has 0 spiro atoms. The third kappa shape index (κ3) is 27.3. The molecule has 0 N–H and O–H groups in total. The Labute approximate surface area is 285 Å². The summed E-state index contributed by atoms with van der Waals surface area (Å²) >= 11 is 0. The molecule has 1 rings (SSSR count). The SMILES string of the molecule is CCCCCCCCCCCCCCCC(=O)OC(C)CCC(CCCCCCCCCCCC)CCC(=O)Oc1ccccc1. The molecule has 0 aromatic heterocycles. The van der Waals surface area contributed by atoms with E-state index in [2.05, 4.69) is 13.8 Å². The maximum atomic E-state index is 12.5. The van der Waals surface area contributed by atoms with Crippen molar-refractivity contribution in [3.05, 3.63) is 30.3 Å². The molecular formula is C42H74O4. The van der Waals surface area contributed by atoms with Crippen LogP contribution in [0.15, 0.2) is 30.3 Å². The number of hydrogen-bond donors (Lipinski definition) is 0. The lowest BCUT2D eigenvalue weighted by atomic mass is 9.90. The Balaban J connectivity index is 2.23. The summed E-state index contributed by atoms with van der Waals surface area (Å²) in [6.45, 7) is 6.58. The summed E-state index contributed by atoms with van der Waals surface area (Å²) in [5, 5.41) is 0. The number of para-hydroxylation sites is 1. The van der Waals surface area contributed by atoms with Crippen LogP contribution < -0.4 is 4.74 Å². The van der Waals surface area contributed by atoms with Gasteiger partial charge in [0.1, 0.15) is 5.75 Å². The zero-order valence-electron chi connectivity index (χ0n) is 30.7. The van der Waals surface area contributed by atoms with Crippen molar-refractivity contribution in [2.75, 3.05) is 0 Å². The normalized spacial score (nSPS) is 12.6. The highest BCUT2D eigenvalue weighted by atomic mass is 16.5. The Hall–Kier alpha value is -1.84. The molecule has 0 fully saturated rings. The Morgan fingerprint density at radius 2 is 0.957 bits per heavy atom. The summed E-state index contributed by atoms with van der Waals surface area (Å²) in [6.07, 6.45) is 35.1. The van der Waals surface area contributed by atoms with Crippen LogP contribution in [-0.2, 0) is 14.3 Å². The van der Waals surface area contributed by atoms with Gasteiger partial charge in [-0.2, -0.15) is 0 Å². The van der Waals surface area contributed by atoms with Gasteiger partial charge in [0.05, 0.1) is 6.10 Å². The van der Waals surface area contributed by atoms with Crippen molar-refractivity contribution in [3.63, 3.8) is 0 Å². The Kier molecular flexibility index (Phi) is 29.1. The fourth-order valence-corrected chi connectivity index (χ4v) is 6.45. The number of carbonyl (C=O) groups is 2. The Morgan fingerprint density at radius 1 is 0.500 bits per heavy atom.